The summed E-state index contributed by atoms with van der Waals surface area (Å²) in [6.07, 6.45) is 0. The number of nitrogens with two attached hydrogens (primary N) is 1. The Bertz CT molecular complexity index is 550. The SMILES string of the molecule is COC(=O)Cn1c(N)nc2ccc(Br)cc21. The van der Waals surface area contributed by atoms with E-state index in [4.69, 9.17) is 5.73 Å². The molecule has 0 bridgehead atoms. The van der Waals surface area contributed by atoms with Crippen LogP contribution >= 0.6 is 15.9 Å². The third kappa shape index (κ3) is 1.88. The molecule has 84 valence electrons. The Morgan fingerprint density at radius 3 is 3.06 bits per heavy atom. The van der Waals surface area contributed by atoms with Gasteiger partial charge < -0.3 is 10.5 Å². The second-order valence-corrected chi connectivity index (χ2v) is 4.18. The van der Waals surface area contributed by atoms with Gasteiger partial charge in [-0.25, -0.2) is 4.98 Å². The van der Waals surface area contributed by atoms with Crippen LogP contribution in [0.3, 0.4) is 0 Å². The molecule has 0 saturated heterocycles. The predicted octanol–water partition coefficient (Wildman–Crippen LogP) is 1.55. The lowest BCUT2D eigenvalue weighted by molar-refractivity contribution is -0.141. The third-order valence-corrected chi connectivity index (χ3v) is 2.75. The molecule has 0 amide bonds. The van der Waals surface area contributed by atoms with Crippen molar-refractivity contribution in [2.75, 3.05) is 12.8 Å². The highest BCUT2D eigenvalue weighted by Gasteiger charge is 2.11. The maximum Gasteiger partial charge on any atom is 0.325 e. The van der Waals surface area contributed by atoms with E-state index in [2.05, 4.69) is 25.7 Å². The van der Waals surface area contributed by atoms with Gasteiger partial charge in [0.15, 0.2) is 0 Å². The maximum atomic E-state index is 11.2. The van der Waals surface area contributed by atoms with Crippen LogP contribution in [-0.4, -0.2) is 22.6 Å². The molecule has 0 aliphatic carbocycles. The first-order valence-electron chi connectivity index (χ1n) is 4.60. The molecule has 0 fully saturated rings. The largest absolute Gasteiger partial charge is 0.468 e. The molecule has 2 rings (SSSR count). The van der Waals surface area contributed by atoms with Crippen LogP contribution in [0.25, 0.3) is 11.0 Å². The van der Waals surface area contributed by atoms with Gasteiger partial charge in [-0.05, 0) is 18.2 Å². The number of fused-ring (bicyclic) bond motifs is 1. The van der Waals surface area contributed by atoms with Crippen molar-refractivity contribution < 1.29 is 9.53 Å². The van der Waals surface area contributed by atoms with E-state index in [0.29, 0.717) is 5.95 Å². The van der Waals surface area contributed by atoms with Gasteiger partial charge in [0, 0.05) is 4.47 Å². The van der Waals surface area contributed by atoms with Crippen molar-refractivity contribution in [3.8, 4) is 0 Å². The van der Waals surface area contributed by atoms with Crippen molar-refractivity contribution in [2.24, 2.45) is 0 Å². The molecule has 0 saturated carbocycles. The van der Waals surface area contributed by atoms with E-state index in [1.807, 2.05) is 18.2 Å². The minimum atomic E-state index is -0.356. The second-order valence-electron chi connectivity index (χ2n) is 3.27. The number of anilines is 1. The van der Waals surface area contributed by atoms with Gasteiger partial charge in [0.1, 0.15) is 6.54 Å². The number of halogens is 1. The number of hydrogen-bond acceptors (Lipinski definition) is 4. The molecule has 6 heteroatoms. The van der Waals surface area contributed by atoms with Gasteiger partial charge >= 0.3 is 5.97 Å². The number of nitrogen functional groups attached to an aromatic ring is 1. The Morgan fingerprint density at radius 2 is 2.38 bits per heavy atom. The van der Waals surface area contributed by atoms with E-state index >= 15 is 0 Å². The van der Waals surface area contributed by atoms with Gasteiger partial charge in [-0.1, -0.05) is 15.9 Å². The summed E-state index contributed by atoms with van der Waals surface area (Å²) in [4.78, 5) is 15.4. The van der Waals surface area contributed by atoms with Gasteiger partial charge in [-0.15, -0.1) is 0 Å². The number of benzene rings is 1. The van der Waals surface area contributed by atoms with E-state index < -0.39 is 0 Å². The van der Waals surface area contributed by atoms with Crippen molar-refractivity contribution >= 4 is 38.9 Å². The first-order valence-corrected chi connectivity index (χ1v) is 5.39. The molecule has 2 aromatic rings. The number of imidazole rings is 1. The molecule has 1 heterocycles. The average Bonchev–Trinajstić information content (AvgIpc) is 2.55. The first-order chi connectivity index (χ1) is 7.61. The third-order valence-electron chi connectivity index (χ3n) is 2.25. The molecule has 0 unspecified atom stereocenters. The van der Waals surface area contributed by atoms with E-state index in [9.17, 15) is 4.79 Å². The monoisotopic (exact) mass is 283 g/mol. The Hall–Kier alpha value is -1.56. The van der Waals surface area contributed by atoms with E-state index in [1.54, 1.807) is 4.57 Å². The van der Waals surface area contributed by atoms with Gasteiger partial charge in [0.25, 0.3) is 0 Å². The number of methoxy groups -OCH3 is 1. The van der Waals surface area contributed by atoms with Crippen LogP contribution in [0.5, 0.6) is 0 Å². The Morgan fingerprint density at radius 1 is 1.62 bits per heavy atom. The van der Waals surface area contributed by atoms with Gasteiger partial charge in [-0.2, -0.15) is 0 Å². The molecule has 0 aliphatic heterocycles. The summed E-state index contributed by atoms with van der Waals surface area (Å²) < 4.78 is 7.13. The quantitative estimate of drug-likeness (QED) is 0.849. The standard InChI is InChI=1S/C10H10BrN3O2/c1-16-9(15)5-14-8-4-6(11)2-3-7(8)13-10(14)12/h2-4H,5H2,1H3,(H2,12,13). The van der Waals surface area contributed by atoms with Gasteiger partial charge in [-0.3, -0.25) is 9.36 Å². The van der Waals surface area contributed by atoms with Crippen molar-refractivity contribution in [3.63, 3.8) is 0 Å². The smallest absolute Gasteiger partial charge is 0.325 e. The van der Waals surface area contributed by atoms with Crippen molar-refractivity contribution in [1.29, 1.82) is 0 Å². The van der Waals surface area contributed by atoms with Crippen LogP contribution < -0.4 is 5.73 Å². The number of rotatable bonds is 2. The fraction of sp³-hybridized carbons (Fsp3) is 0.200. The summed E-state index contributed by atoms with van der Waals surface area (Å²) >= 11 is 3.36. The number of aromatic nitrogens is 2. The number of nitrogens with zero attached hydrogens (tertiary/aromatic N) is 2. The van der Waals surface area contributed by atoms with Crippen LogP contribution in [-0.2, 0) is 16.1 Å². The van der Waals surface area contributed by atoms with Crippen LogP contribution in [0.1, 0.15) is 0 Å². The van der Waals surface area contributed by atoms with Crippen LogP contribution in [0.2, 0.25) is 0 Å². The molecule has 0 spiro atoms. The van der Waals surface area contributed by atoms with Crippen molar-refractivity contribution in [2.45, 2.75) is 6.54 Å². The summed E-state index contributed by atoms with van der Waals surface area (Å²) in [5.74, 6) is -0.0514. The number of carbonyl (C=O) groups excluding carboxylic acids is 1. The minimum Gasteiger partial charge on any atom is -0.468 e. The molecular formula is C10H10BrN3O2. The molecule has 1 aromatic carbocycles. The fourth-order valence-electron chi connectivity index (χ4n) is 1.47. The fourth-order valence-corrected chi connectivity index (χ4v) is 1.82. The first kappa shape index (κ1) is 10.9. The molecule has 16 heavy (non-hydrogen) atoms. The molecule has 5 nitrogen and oxygen atoms in total. The molecule has 0 radical (unpaired) electrons. The molecule has 2 N–H and O–H groups in total. The number of hydrogen-bond donors (Lipinski definition) is 1. The highest BCUT2D eigenvalue weighted by atomic mass is 79.9. The Labute approximate surface area is 100 Å². The van der Waals surface area contributed by atoms with Crippen molar-refractivity contribution in [3.05, 3.63) is 22.7 Å². The van der Waals surface area contributed by atoms with Crippen LogP contribution in [0, 0.1) is 0 Å². The van der Waals surface area contributed by atoms with E-state index in [0.717, 1.165) is 15.5 Å². The predicted molar refractivity (Wildman–Crippen MR) is 63.9 cm³/mol. The van der Waals surface area contributed by atoms with Gasteiger partial charge in [0.05, 0.1) is 18.1 Å². The lowest BCUT2D eigenvalue weighted by atomic mass is 10.3. The molecule has 1 aromatic heterocycles. The van der Waals surface area contributed by atoms with Crippen molar-refractivity contribution in [1.82, 2.24) is 9.55 Å². The molecule has 0 aliphatic rings. The second kappa shape index (κ2) is 4.13. The minimum absolute atomic E-state index is 0.0648. The average molecular weight is 284 g/mol. The Kier molecular flexibility index (Phi) is 2.82. The number of carbonyl (C=O) groups is 1. The summed E-state index contributed by atoms with van der Waals surface area (Å²) in [5, 5.41) is 0. The topological polar surface area (TPSA) is 70.1 Å². The van der Waals surface area contributed by atoms with E-state index in [1.165, 1.54) is 7.11 Å². The summed E-state index contributed by atoms with van der Waals surface area (Å²) in [6, 6.07) is 5.57. The zero-order valence-electron chi connectivity index (χ0n) is 8.61. The lowest BCUT2D eigenvalue weighted by Crippen LogP contribution is -2.13. The van der Waals surface area contributed by atoms with Gasteiger partial charge in [0.2, 0.25) is 5.95 Å². The summed E-state index contributed by atoms with van der Waals surface area (Å²) in [5.41, 5.74) is 7.29. The summed E-state index contributed by atoms with van der Waals surface area (Å²) in [6.45, 7) is 0.0648. The van der Waals surface area contributed by atoms with Crippen LogP contribution in [0.4, 0.5) is 5.95 Å². The zero-order chi connectivity index (χ0) is 11.7. The Balaban J connectivity index is 2.54. The highest BCUT2D eigenvalue weighted by Crippen LogP contribution is 2.22. The highest BCUT2D eigenvalue weighted by molar-refractivity contribution is 9.10. The maximum absolute atomic E-state index is 11.2. The number of esters is 1. The zero-order valence-corrected chi connectivity index (χ0v) is 10.2. The number of ether oxygens (including phenoxy) is 1. The molecule has 0 atom stereocenters. The normalized spacial score (nSPS) is 10.6. The van der Waals surface area contributed by atoms with Crippen LogP contribution in [0.15, 0.2) is 22.7 Å². The molecular weight excluding hydrogens is 274 g/mol. The summed E-state index contributed by atoms with van der Waals surface area (Å²) in [7, 11) is 1.34. The lowest BCUT2D eigenvalue weighted by Gasteiger charge is -2.04. The van der Waals surface area contributed by atoms with E-state index in [-0.39, 0.29) is 12.5 Å².